The number of anilines is 1. The second-order valence-electron chi connectivity index (χ2n) is 4.29. The summed E-state index contributed by atoms with van der Waals surface area (Å²) in [5.74, 6) is -0.115. The molecule has 1 aromatic heterocycles. The third-order valence-corrected chi connectivity index (χ3v) is 2.91. The number of amides is 1. The van der Waals surface area contributed by atoms with Gasteiger partial charge in [-0.1, -0.05) is 0 Å². The largest absolute Gasteiger partial charge is 0.397 e. The first-order valence-electron chi connectivity index (χ1n) is 5.59. The lowest BCUT2D eigenvalue weighted by Gasteiger charge is -2.37. The predicted molar refractivity (Wildman–Crippen MR) is 62.5 cm³/mol. The van der Waals surface area contributed by atoms with E-state index in [9.17, 15) is 4.79 Å². The molecule has 1 aliphatic heterocycles. The summed E-state index contributed by atoms with van der Waals surface area (Å²) in [6, 6.07) is 1.60. The highest BCUT2D eigenvalue weighted by molar-refractivity contribution is 5.93. The molecule has 2 unspecified atom stereocenters. The highest BCUT2D eigenvalue weighted by Crippen LogP contribution is 2.16. The number of carbonyl (C=O) groups excluding carboxylic acids is 1. The third kappa shape index (κ3) is 2.42. The van der Waals surface area contributed by atoms with E-state index in [1.54, 1.807) is 17.2 Å². The maximum absolute atomic E-state index is 12.2. The molecule has 2 heterocycles. The summed E-state index contributed by atoms with van der Waals surface area (Å²) in [6.07, 6.45) is 1.28. The lowest BCUT2D eigenvalue weighted by Crippen LogP contribution is -2.52. The number of nitrogens with zero attached hydrogens (tertiary/aromatic N) is 1. The van der Waals surface area contributed by atoms with Crippen LogP contribution < -0.4 is 5.73 Å². The summed E-state index contributed by atoms with van der Waals surface area (Å²) in [5.41, 5.74) is 6.57. The summed E-state index contributed by atoms with van der Waals surface area (Å²) >= 11 is 0. The van der Waals surface area contributed by atoms with Crippen molar-refractivity contribution in [3.8, 4) is 0 Å². The fourth-order valence-electron chi connectivity index (χ4n) is 1.90. The van der Waals surface area contributed by atoms with Crippen molar-refractivity contribution < 1.29 is 14.6 Å². The van der Waals surface area contributed by atoms with Gasteiger partial charge in [0.2, 0.25) is 0 Å². The highest BCUT2D eigenvalue weighted by atomic mass is 16.5. The number of hydrogen-bond acceptors (Lipinski definition) is 4. The van der Waals surface area contributed by atoms with Crippen LogP contribution in [0, 0.1) is 0 Å². The molecular formula is C11H17N3O3. The molecule has 1 saturated heterocycles. The molecular weight excluding hydrogens is 222 g/mol. The van der Waals surface area contributed by atoms with Crippen molar-refractivity contribution >= 4 is 11.6 Å². The van der Waals surface area contributed by atoms with E-state index in [1.807, 2.05) is 6.92 Å². The van der Waals surface area contributed by atoms with Crippen LogP contribution in [0.25, 0.3) is 0 Å². The number of aliphatic hydroxyl groups excluding tert-OH is 1. The van der Waals surface area contributed by atoms with Gasteiger partial charge in [-0.15, -0.1) is 0 Å². The van der Waals surface area contributed by atoms with Gasteiger partial charge in [0.05, 0.1) is 25.4 Å². The van der Waals surface area contributed by atoms with Gasteiger partial charge in [-0.25, -0.2) is 0 Å². The van der Waals surface area contributed by atoms with Crippen LogP contribution in [0.15, 0.2) is 12.3 Å². The normalized spacial score (nSPS) is 24.9. The number of aromatic nitrogens is 1. The Labute approximate surface area is 99.4 Å². The van der Waals surface area contributed by atoms with Crippen molar-refractivity contribution in [1.29, 1.82) is 0 Å². The molecule has 1 fully saturated rings. The first kappa shape index (κ1) is 11.9. The van der Waals surface area contributed by atoms with E-state index >= 15 is 0 Å². The van der Waals surface area contributed by atoms with Gasteiger partial charge in [0.25, 0.3) is 5.91 Å². The minimum absolute atomic E-state index is 0.00479. The van der Waals surface area contributed by atoms with Gasteiger partial charge in [0.1, 0.15) is 5.69 Å². The molecule has 94 valence electrons. The van der Waals surface area contributed by atoms with Crippen molar-refractivity contribution in [3.63, 3.8) is 0 Å². The Hall–Kier alpha value is -1.53. The molecule has 0 radical (unpaired) electrons. The van der Waals surface area contributed by atoms with E-state index in [2.05, 4.69) is 4.98 Å². The van der Waals surface area contributed by atoms with Crippen LogP contribution in [0.3, 0.4) is 0 Å². The maximum atomic E-state index is 12.2. The second kappa shape index (κ2) is 4.77. The summed E-state index contributed by atoms with van der Waals surface area (Å²) < 4.78 is 5.38. The zero-order valence-corrected chi connectivity index (χ0v) is 9.72. The number of carbonyl (C=O) groups is 1. The molecule has 4 N–H and O–H groups in total. The summed E-state index contributed by atoms with van der Waals surface area (Å²) in [4.78, 5) is 16.7. The van der Waals surface area contributed by atoms with Gasteiger partial charge >= 0.3 is 0 Å². The molecule has 1 amide bonds. The fraction of sp³-hybridized carbons (Fsp3) is 0.545. The first-order valence-corrected chi connectivity index (χ1v) is 5.59. The minimum atomic E-state index is -0.303. The fourth-order valence-corrected chi connectivity index (χ4v) is 1.90. The monoisotopic (exact) mass is 239 g/mol. The topological polar surface area (TPSA) is 91.6 Å². The lowest BCUT2D eigenvalue weighted by molar-refractivity contribution is -0.0668. The molecule has 1 aliphatic rings. The standard InChI is InChI=1S/C11H17N3O3/c1-7-6-17-9(5-15)4-14(7)11(16)10-2-8(12)3-13-10/h2-3,7,9,13,15H,4-6,12H2,1H3. The number of nitrogen functional groups attached to an aromatic ring is 1. The molecule has 6 heteroatoms. The van der Waals surface area contributed by atoms with E-state index < -0.39 is 0 Å². The van der Waals surface area contributed by atoms with E-state index in [0.717, 1.165) is 0 Å². The SMILES string of the molecule is CC1COC(CO)CN1C(=O)c1cc(N)c[nH]1. The van der Waals surface area contributed by atoms with Gasteiger partial charge in [-0.05, 0) is 13.0 Å². The minimum Gasteiger partial charge on any atom is -0.397 e. The molecule has 0 saturated carbocycles. The zero-order chi connectivity index (χ0) is 12.4. The van der Waals surface area contributed by atoms with Crippen molar-refractivity contribution in [2.24, 2.45) is 0 Å². The van der Waals surface area contributed by atoms with Crippen LogP contribution >= 0.6 is 0 Å². The number of ether oxygens (including phenoxy) is 1. The summed E-state index contributed by atoms with van der Waals surface area (Å²) in [6.45, 7) is 2.67. The van der Waals surface area contributed by atoms with Gasteiger partial charge in [0, 0.05) is 18.4 Å². The Bertz CT molecular complexity index is 404. The number of nitrogens with one attached hydrogen (secondary N) is 1. The average molecular weight is 239 g/mol. The first-order chi connectivity index (χ1) is 8.11. The van der Waals surface area contributed by atoms with Crippen molar-refractivity contribution in [1.82, 2.24) is 9.88 Å². The van der Waals surface area contributed by atoms with E-state index in [1.165, 1.54) is 0 Å². The van der Waals surface area contributed by atoms with Crippen LogP contribution in [0.2, 0.25) is 0 Å². The van der Waals surface area contributed by atoms with Crippen LogP contribution in [-0.2, 0) is 4.74 Å². The van der Waals surface area contributed by atoms with Gasteiger partial charge in [0.15, 0.2) is 0 Å². The number of nitrogens with two attached hydrogens (primary N) is 1. The molecule has 6 nitrogen and oxygen atoms in total. The summed E-state index contributed by atoms with van der Waals surface area (Å²) in [5, 5.41) is 9.06. The third-order valence-electron chi connectivity index (χ3n) is 2.91. The van der Waals surface area contributed by atoms with Crippen LogP contribution in [0.4, 0.5) is 5.69 Å². The van der Waals surface area contributed by atoms with Gasteiger partial charge in [-0.3, -0.25) is 4.79 Å². The Morgan fingerprint density at radius 3 is 3.12 bits per heavy atom. The number of hydrogen-bond donors (Lipinski definition) is 3. The molecule has 17 heavy (non-hydrogen) atoms. The van der Waals surface area contributed by atoms with Crippen molar-refractivity contribution in [2.75, 3.05) is 25.5 Å². The molecule has 0 spiro atoms. The quantitative estimate of drug-likeness (QED) is 0.667. The molecule has 2 atom stereocenters. The van der Waals surface area contributed by atoms with Crippen LogP contribution in [0.1, 0.15) is 17.4 Å². The number of aliphatic hydroxyl groups is 1. The van der Waals surface area contributed by atoms with E-state index in [-0.39, 0.29) is 24.7 Å². The molecule has 2 rings (SSSR count). The molecule has 0 aromatic carbocycles. The Kier molecular flexibility index (Phi) is 3.35. The number of H-pyrrole nitrogens is 1. The number of morpholine rings is 1. The Morgan fingerprint density at radius 1 is 1.76 bits per heavy atom. The highest BCUT2D eigenvalue weighted by Gasteiger charge is 2.30. The van der Waals surface area contributed by atoms with Crippen molar-refractivity contribution in [2.45, 2.75) is 19.1 Å². The Balaban J connectivity index is 2.12. The lowest BCUT2D eigenvalue weighted by atomic mass is 10.2. The van der Waals surface area contributed by atoms with E-state index in [0.29, 0.717) is 24.5 Å². The second-order valence-corrected chi connectivity index (χ2v) is 4.29. The smallest absolute Gasteiger partial charge is 0.270 e. The van der Waals surface area contributed by atoms with Crippen LogP contribution in [0.5, 0.6) is 0 Å². The van der Waals surface area contributed by atoms with Crippen molar-refractivity contribution in [3.05, 3.63) is 18.0 Å². The average Bonchev–Trinajstić information content (AvgIpc) is 2.76. The van der Waals surface area contributed by atoms with Gasteiger partial charge < -0.3 is 25.5 Å². The molecule has 1 aromatic rings. The molecule has 0 bridgehead atoms. The van der Waals surface area contributed by atoms with E-state index in [4.69, 9.17) is 15.6 Å². The Morgan fingerprint density at radius 2 is 2.53 bits per heavy atom. The predicted octanol–water partition coefficient (Wildman–Crippen LogP) is -0.181. The number of aromatic amines is 1. The molecule has 0 aliphatic carbocycles. The van der Waals surface area contributed by atoms with Crippen LogP contribution in [-0.4, -0.2) is 52.8 Å². The summed E-state index contributed by atoms with van der Waals surface area (Å²) in [7, 11) is 0. The number of rotatable bonds is 2. The van der Waals surface area contributed by atoms with Gasteiger partial charge in [-0.2, -0.15) is 0 Å². The zero-order valence-electron chi connectivity index (χ0n) is 9.72. The maximum Gasteiger partial charge on any atom is 0.270 e.